The van der Waals surface area contributed by atoms with Gasteiger partial charge in [-0.1, -0.05) is 42.8 Å². The van der Waals surface area contributed by atoms with E-state index in [2.05, 4.69) is 21.2 Å². The topological polar surface area (TPSA) is 118 Å². The van der Waals surface area contributed by atoms with Crippen LogP contribution in [-0.4, -0.2) is 37.7 Å². The van der Waals surface area contributed by atoms with Crippen molar-refractivity contribution in [2.75, 3.05) is 24.4 Å². The number of ether oxygens (including phenoxy) is 2. The standard InChI is InChI=1S/C26H24ClFN4O5/c1-3-16-8-10-18(11-9-16)30-25(34)26(35)32-29-14-17-12-19(27)24(22(13-17)36-2)37-15-23(33)31-21-7-5-4-6-20(21)28/h4-14H,3,15H2,1-2H3,(H,30,34)(H,31,33)(H,32,35)/b29-14-. The lowest BCUT2D eigenvalue weighted by Crippen LogP contribution is -2.32. The second-order valence-corrected chi connectivity index (χ2v) is 7.96. The number of aryl methyl sites for hydroxylation is 1. The van der Waals surface area contributed by atoms with Crippen LogP contribution in [0.2, 0.25) is 5.02 Å². The van der Waals surface area contributed by atoms with Gasteiger partial charge in [-0.2, -0.15) is 5.10 Å². The quantitative estimate of drug-likeness (QED) is 0.220. The highest BCUT2D eigenvalue weighted by Gasteiger charge is 2.15. The number of nitrogens with zero attached hydrogens (tertiary/aromatic N) is 1. The Morgan fingerprint density at radius 3 is 2.43 bits per heavy atom. The van der Waals surface area contributed by atoms with Gasteiger partial charge in [0.1, 0.15) is 5.82 Å². The second kappa shape index (κ2) is 13.0. The molecule has 0 atom stereocenters. The Bertz CT molecular complexity index is 1310. The van der Waals surface area contributed by atoms with Crippen molar-refractivity contribution >= 4 is 46.9 Å². The molecule has 0 unspecified atom stereocenters. The minimum absolute atomic E-state index is 0.0193. The zero-order chi connectivity index (χ0) is 26.8. The lowest BCUT2D eigenvalue weighted by Gasteiger charge is -2.13. The highest BCUT2D eigenvalue weighted by molar-refractivity contribution is 6.39. The molecule has 0 bridgehead atoms. The van der Waals surface area contributed by atoms with E-state index in [1.807, 2.05) is 19.1 Å². The molecule has 3 N–H and O–H groups in total. The average Bonchev–Trinajstić information content (AvgIpc) is 2.89. The summed E-state index contributed by atoms with van der Waals surface area (Å²) in [5.41, 5.74) is 4.15. The minimum Gasteiger partial charge on any atom is -0.493 e. The first-order chi connectivity index (χ1) is 17.8. The first-order valence-electron chi connectivity index (χ1n) is 11.1. The summed E-state index contributed by atoms with van der Waals surface area (Å²) in [6, 6.07) is 15.8. The molecule has 0 aliphatic carbocycles. The SMILES string of the molecule is CCc1ccc(NC(=O)C(=O)N/N=C\c2cc(Cl)c(OCC(=O)Nc3ccccc3F)c(OC)c2)cc1. The Morgan fingerprint density at radius 2 is 1.76 bits per heavy atom. The van der Waals surface area contributed by atoms with Gasteiger partial charge in [-0.3, -0.25) is 14.4 Å². The highest BCUT2D eigenvalue weighted by Crippen LogP contribution is 2.36. The Kier molecular flexibility index (Phi) is 9.56. The maximum absolute atomic E-state index is 13.7. The lowest BCUT2D eigenvalue weighted by atomic mass is 10.1. The number of benzene rings is 3. The van der Waals surface area contributed by atoms with E-state index in [1.54, 1.807) is 18.2 Å². The van der Waals surface area contributed by atoms with Crippen LogP contribution in [0.5, 0.6) is 11.5 Å². The predicted octanol–water partition coefficient (Wildman–Crippen LogP) is 4.16. The zero-order valence-corrected chi connectivity index (χ0v) is 20.8. The summed E-state index contributed by atoms with van der Waals surface area (Å²) < 4.78 is 24.4. The average molecular weight is 527 g/mol. The third-order valence-corrected chi connectivity index (χ3v) is 5.23. The molecule has 0 aromatic heterocycles. The number of hydrogen-bond acceptors (Lipinski definition) is 6. The van der Waals surface area contributed by atoms with Crippen LogP contribution in [0.15, 0.2) is 65.8 Å². The molecule has 3 aromatic carbocycles. The van der Waals surface area contributed by atoms with Crippen molar-refractivity contribution in [2.24, 2.45) is 5.10 Å². The molecule has 0 saturated carbocycles. The van der Waals surface area contributed by atoms with E-state index in [1.165, 1.54) is 43.7 Å². The van der Waals surface area contributed by atoms with Gasteiger partial charge in [0.2, 0.25) is 0 Å². The summed E-state index contributed by atoms with van der Waals surface area (Å²) >= 11 is 6.28. The zero-order valence-electron chi connectivity index (χ0n) is 20.0. The van der Waals surface area contributed by atoms with Crippen LogP contribution >= 0.6 is 11.6 Å². The van der Waals surface area contributed by atoms with E-state index in [4.69, 9.17) is 21.1 Å². The fourth-order valence-electron chi connectivity index (χ4n) is 3.07. The number of rotatable bonds is 9. The predicted molar refractivity (Wildman–Crippen MR) is 139 cm³/mol. The number of para-hydroxylation sites is 1. The number of halogens is 2. The van der Waals surface area contributed by atoms with Gasteiger partial charge in [0.25, 0.3) is 5.91 Å². The number of carbonyl (C=O) groups excluding carboxylic acids is 3. The van der Waals surface area contributed by atoms with E-state index in [9.17, 15) is 18.8 Å². The van der Waals surface area contributed by atoms with E-state index in [0.717, 1.165) is 12.0 Å². The van der Waals surface area contributed by atoms with Crippen molar-refractivity contribution in [3.05, 3.63) is 82.6 Å². The number of anilines is 2. The number of methoxy groups -OCH3 is 1. The number of hydrogen-bond donors (Lipinski definition) is 3. The normalized spacial score (nSPS) is 10.6. The van der Waals surface area contributed by atoms with Crippen LogP contribution in [0.3, 0.4) is 0 Å². The van der Waals surface area contributed by atoms with Crippen molar-refractivity contribution < 1.29 is 28.2 Å². The lowest BCUT2D eigenvalue weighted by molar-refractivity contribution is -0.136. The molecular formula is C26H24ClFN4O5. The first kappa shape index (κ1) is 27.2. The Labute approximate surface area is 217 Å². The summed E-state index contributed by atoms with van der Waals surface area (Å²) in [5, 5.41) is 8.75. The van der Waals surface area contributed by atoms with Gasteiger partial charge in [-0.25, -0.2) is 9.82 Å². The summed E-state index contributed by atoms with van der Waals surface area (Å²) in [5.74, 6) is -2.75. The van der Waals surface area contributed by atoms with Crippen LogP contribution in [-0.2, 0) is 20.8 Å². The molecule has 192 valence electrons. The van der Waals surface area contributed by atoms with Crippen LogP contribution in [0, 0.1) is 5.82 Å². The van der Waals surface area contributed by atoms with Crippen molar-refractivity contribution in [2.45, 2.75) is 13.3 Å². The number of nitrogens with one attached hydrogen (secondary N) is 3. The molecule has 11 heteroatoms. The van der Waals surface area contributed by atoms with Crippen molar-refractivity contribution in [3.63, 3.8) is 0 Å². The molecule has 0 aliphatic heterocycles. The van der Waals surface area contributed by atoms with Gasteiger partial charge >= 0.3 is 11.8 Å². The van der Waals surface area contributed by atoms with Gasteiger partial charge < -0.3 is 20.1 Å². The highest BCUT2D eigenvalue weighted by atomic mass is 35.5. The minimum atomic E-state index is -0.963. The van der Waals surface area contributed by atoms with Crippen molar-refractivity contribution in [1.29, 1.82) is 0 Å². The van der Waals surface area contributed by atoms with Crippen LogP contribution in [0.4, 0.5) is 15.8 Å². The molecule has 0 radical (unpaired) electrons. The summed E-state index contributed by atoms with van der Waals surface area (Å²) in [7, 11) is 1.37. The van der Waals surface area contributed by atoms with Crippen LogP contribution in [0.1, 0.15) is 18.1 Å². The molecule has 0 spiro atoms. The summed E-state index contributed by atoms with van der Waals surface area (Å²) in [4.78, 5) is 36.2. The Morgan fingerprint density at radius 1 is 1.03 bits per heavy atom. The summed E-state index contributed by atoms with van der Waals surface area (Å²) in [6.07, 6.45) is 2.11. The van der Waals surface area contributed by atoms with Gasteiger partial charge in [0.05, 0.1) is 24.0 Å². The molecule has 0 saturated heterocycles. The van der Waals surface area contributed by atoms with E-state index in [0.29, 0.717) is 11.3 Å². The van der Waals surface area contributed by atoms with Gasteiger partial charge in [-0.15, -0.1) is 0 Å². The fraction of sp³-hybridized carbons (Fsp3) is 0.154. The molecule has 37 heavy (non-hydrogen) atoms. The molecular weight excluding hydrogens is 503 g/mol. The van der Waals surface area contributed by atoms with Crippen LogP contribution < -0.4 is 25.5 Å². The summed E-state index contributed by atoms with van der Waals surface area (Å²) in [6.45, 7) is 1.56. The van der Waals surface area contributed by atoms with Crippen LogP contribution in [0.25, 0.3) is 0 Å². The largest absolute Gasteiger partial charge is 0.493 e. The van der Waals surface area contributed by atoms with Gasteiger partial charge in [-0.05, 0) is 53.9 Å². The maximum atomic E-state index is 13.7. The number of amides is 3. The smallest absolute Gasteiger partial charge is 0.329 e. The second-order valence-electron chi connectivity index (χ2n) is 7.55. The van der Waals surface area contributed by atoms with Crippen molar-refractivity contribution in [1.82, 2.24) is 5.43 Å². The van der Waals surface area contributed by atoms with Gasteiger partial charge in [0.15, 0.2) is 18.1 Å². The molecule has 3 rings (SSSR count). The molecule has 0 heterocycles. The molecule has 9 nitrogen and oxygen atoms in total. The van der Waals surface area contributed by atoms with Gasteiger partial charge in [0, 0.05) is 5.69 Å². The Balaban J connectivity index is 1.57. The third kappa shape index (κ3) is 7.77. The molecule has 3 amide bonds. The van der Waals surface area contributed by atoms with Crippen molar-refractivity contribution in [3.8, 4) is 11.5 Å². The van der Waals surface area contributed by atoms with E-state index >= 15 is 0 Å². The third-order valence-electron chi connectivity index (χ3n) is 4.95. The fourth-order valence-corrected chi connectivity index (χ4v) is 3.34. The Hall–Kier alpha value is -4.44. The number of carbonyl (C=O) groups is 3. The number of hydrazone groups is 1. The monoisotopic (exact) mass is 526 g/mol. The van der Waals surface area contributed by atoms with E-state index in [-0.39, 0.29) is 22.2 Å². The first-order valence-corrected chi connectivity index (χ1v) is 11.5. The maximum Gasteiger partial charge on any atom is 0.329 e. The van der Waals surface area contributed by atoms with E-state index < -0.39 is 30.1 Å². The molecule has 3 aromatic rings. The molecule has 0 fully saturated rings. The molecule has 0 aliphatic rings.